The number of rotatable bonds is 3. The lowest BCUT2D eigenvalue weighted by Crippen LogP contribution is -2.52. The lowest BCUT2D eigenvalue weighted by molar-refractivity contribution is -0.137. The van der Waals surface area contributed by atoms with Crippen LogP contribution in [0.5, 0.6) is 0 Å². The number of carbonyl (C=O) groups is 1. The Bertz CT molecular complexity index is 866. The molecule has 1 amide bonds. The minimum Gasteiger partial charge on any atom is -0.339 e. The van der Waals surface area contributed by atoms with Crippen LogP contribution in [-0.4, -0.2) is 71.0 Å². The monoisotopic (exact) mass is 374 g/mol. The Morgan fingerprint density at radius 2 is 1.92 bits per heavy atom. The van der Waals surface area contributed by atoms with Crippen LogP contribution in [-0.2, 0) is 18.4 Å². The molecule has 0 saturated carbocycles. The Labute approximate surface area is 157 Å². The average molecular weight is 375 g/mol. The molecule has 0 bridgehead atoms. The number of thiazole rings is 1. The van der Waals surface area contributed by atoms with E-state index >= 15 is 0 Å². The zero-order chi connectivity index (χ0) is 18.3. The van der Waals surface area contributed by atoms with Crippen molar-refractivity contribution in [3.8, 4) is 0 Å². The summed E-state index contributed by atoms with van der Waals surface area (Å²) >= 11 is 1.30. The fourth-order valence-corrected chi connectivity index (χ4v) is 5.04. The first-order valence-corrected chi connectivity index (χ1v) is 10.1. The van der Waals surface area contributed by atoms with Gasteiger partial charge in [0.05, 0.1) is 16.3 Å². The van der Waals surface area contributed by atoms with Gasteiger partial charge in [-0.3, -0.25) is 19.4 Å². The number of aryl methyl sites for hydroxylation is 1. The Morgan fingerprint density at radius 3 is 2.62 bits per heavy atom. The largest absolute Gasteiger partial charge is 0.339 e. The first-order chi connectivity index (χ1) is 12.5. The van der Waals surface area contributed by atoms with Crippen molar-refractivity contribution in [3.05, 3.63) is 33.4 Å². The van der Waals surface area contributed by atoms with Crippen LogP contribution in [0.15, 0.2) is 23.0 Å². The van der Waals surface area contributed by atoms with Gasteiger partial charge >= 0.3 is 4.87 Å². The number of carbonyl (C=O) groups excluding carboxylic acids is 1. The van der Waals surface area contributed by atoms with Gasteiger partial charge in [0.1, 0.15) is 0 Å². The molecule has 26 heavy (non-hydrogen) atoms. The molecule has 0 radical (unpaired) electrons. The van der Waals surface area contributed by atoms with Gasteiger partial charge in [0.25, 0.3) is 0 Å². The molecule has 0 spiro atoms. The summed E-state index contributed by atoms with van der Waals surface area (Å²) in [5.74, 6) is 0.306. The van der Waals surface area contributed by atoms with E-state index in [-0.39, 0.29) is 10.9 Å². The normalized spacial score (nSPS) is 22.4. The molecule has 1 unspecified atom stereocenters. The molecule has 0 aliphatic carbocycles. The fraction of sp³-hybridized carbons (Fsp3) is 0.579. The Kier molecular flexibility index (Phi) is 4.86. The number of aromatic nitrogens is 1. The lowest BCUT2D eigenvalue weighted by Gasteiger charge is -2.36. The third-order valence-electron chi connectivity index (χ3n) is 5.75. The highest BCUT2D eigenvalue weighted by molar-refractivity contribution is 7.16. The summed E-state index contributed by atoms with van der Waals surface area (Å²) in [5.41, 5.74) is 2.23. The van der Waals surface area contributed by atoms with Crippen LogP contribution in [0.25, 0.3) is 10.2 Å². The molecule has 2 aliphatic rings. The second-order valence-corrected chi connectivity index (χ2v) is 8.46. The van der Waals surface area contributed by atoms with Crippen molar-refractivity contribution in [2.45, 2.75) is 25.4 Å². The van der Waals surface area contributed by atoms with Gasteiger partial charge in [0.2, 0.25) is 5.91 Å². The zero-order valence-electron chi connectivity index (χ0n) is 15.5. The Hall–Kier alpha value is -1.70. The van der Waals surface area contributed by atoms with Crippen LogP contribution in [0.1, 0.15) is 18.4 Å². The molecule has 3 heterocycles. The molecule has 2 fully saturated rings. The number of hydrogen-bond acceptors (Lipinski definition) is 5. The number of fused-ring (bicyclic) bond motifs is 1. The quantitative estimate of drug-likeness (QED) is 0.814. The SMILES string of the molecule is CN1CCCC1C(=O)N1CCN(Cc2ccc3c(c2)sc(=O)n3C)CC1. The number of hydrogen-bond donors (Lipinski definition) is 0. The number of likely N-dealkylation sites (N-methyl/N-ethyl adjacent to an activating group) is 1. The second-order valence-electron chi connectivity index (χ2n) is 7.47. The molecule has 1 aromatic carbocycles. The average Bonchev–Trinajstić information content (AvgIpc) is 3.18. The van der Waals surface area contributed by atoms with Gasteiger partial charge in [-0.15, -0.1) is 0 Å². The van der Waals surface area contributed by atoms with Crippen LogP contribution < -0.4 is 4.87 Å². The minimum absolute atomic E-state index is 0.0844. The van der Waals surface area contributed by atoms with Crippen molar-refractivity contribution < 1.29 is 4.79 Å². The third kappa shape index (κ3) is 3.31. The van der Waals surface area contributed by atoms with E-state index < -0.39 is 0 Å². The predicted octanol–water partition coefficient (Wildman–Crippen LogP) is 1.34. The van der Waals surface area contributed by atoms with Crippen LogP contribution in [0.2, 0.25) is 0 Å². The van der Waals surface area contributed by atoms with Gasteiger partial charge in [-0.1, -0.05) is 17.4 Å². The minimum atomic E-state index is 0.0844. The van der Waals surface area contributed by atoms with Crippen molar-refractivity contribution in [1.82, 2.24) is 19.3 Å². The van der Waals surface area contributed by atoms with Gasteiger partial charge < -0.3 is 9.47 Å². The van der Waals surface area contributed by atoms with E-state index in [9.17, 15) is 9.59 Å². The van der Waals surface area contributed by atoms with Crippen LogP contribution in [0.3, 0.4) is 0 Å². The first kappa shape index (κ1) is 17.7. The van der Waals surface area contributed by atoms with E-state index in [1.54, 1.807) is 4.57 Å². The van der Waals surface area contributed by atoms with Crippen LogP contribution in [0.4, 0.5) is 0 Å². The maximum atomic E-state index is 12.7. The molecular weight excluding hydrogens is 348 g/mol. The topological polar surface area (TPSA) is 48.8 Å². The molecule has 4 rings (SSSR count). The summed E-state index contributed by atoms with van der Waals surface area (Å²) in [6, 6.07) is 6.37. The summed E-state index contributed by atoms with van der Waals surface area (Å²) in [5, 5.41) is 0. The maximum Gasteiger partial charge on any atom is 0.307 e. The molecule has 0 N–H and O–H groups in total. The predicted molar refractivity (Wildman–Crippen MR) is 105 cm³/mol. The zero-order valence-corrected chi connectivity index (χ0v) is 16.3. The van der Waals surface area contributed by atoms with Crippen molar-refractivity contribution >= 4 is 27.5 Å². The number of likely N-dealkylation sites (tertiary alicyclic amines) is 1. The number of benzene rings is 1. The van der Waals surface area contributed by atoms with E-state index in [0.29, 0.717) is 5.91 Å². The number of piperazine rings is 1. The second kappa shape index (κ2) is 7.13. The maximum absolute atomic E-state index is 12.7. The van der Waals surface area contributed by atoms with Crippen molar-refractivity contribution in [1.29, 1.82) is 0 Å². The molecule has 6 nitrogen and oxygen atoms in total. The van der Waals surface area contributed by atoms with Gasteiger partial charge in [0.15, 0.2) is 0 Å². The van der Waals surface area contributed by atoms with E-state index in [4.69, 9.17) is 0 Å². The molecule has 2 aliphatic heterocycles. The molecule has 1 atom stereocenters. The highest BCUT2D eigenvalue weighted by atomic mass is 32.1. The van der Waals surface area contributed by atoms with Crippen LogP contribution >= 0.6 is 11.3 Å². The van der Waals surface area contributed by atoms with E-state index in [0.717, 1.165) is 62.3 Å². The van der Waals surface area contributed by atoms with Gasteiger partial charge in [-0.2, -0.15) is 0 Å². The Morgan fingerprint density at radius 1 is 1.15 bits per heavy atom. The lowest BCUT2D eigenvalue weighted by atomic mass is 10.1. The van der Waals surface area contributed by atoms with Gasteiger partial charge in [-0.25, -0.2) is 0 Å². The van der Waals surface area contributed by atoms with Crippen LogP contribution in [0, 0.1) is 0 Å². The summed E-state index contributed by atoms with van der Waals surface area (Å²) < 4.78 is 2.75. The molecule has 140 valence electrons. The Balaban J connectivity index is 1.36. The summed E-state index contributed by atoms with van der Waals surface area (Å²) in [6.45, 7) is 5.34. The smallest absolute Gasteiger partial charge is 0.307 e. The summed E-state index contributed by atoms with van der Waals surface area (Å²) in [6.07, 6.45) is 2.12. The summed E-state index contributed by atoms with van der Waals surface area (Å²) in [7, 11) is 3.87. The standard InChI is InChI=1S/C19H26N4O2S/c1-20-7-3-4-16(20)18(24)23-10-8-22(9-11-23)13-14-5-6-15-17(12-14)26-19(25)21(15)2/h5-6,12,16H,3-4,7-11,13H2,1-2H3. The van der Waals surface area contributed by atoms with Crippen molar-refractivity contribution in [3.63, 3.8) is 0 Å². The van der Waals surface area contributed by atoms with E-state index in [1.807, 2.05) is 18.0 Å². The fourth-order valence-electron chi connectivity index (χ4n) is 4.09. The van der Waals surface area contributed by atoms with E-state index in [1.165, 1.54) is 16.9 Å². The highest BCUT2D eigenvalue weighted by Gasteiger charge is 2.32. The first-order valence-electron chi connectivity index (χ1n) is 9.33. The highest BCUT2D eigenvalue weighted by Crippen LogP contribution is 2.21. The van der Waals surface area contributed by atoms with Gasteiger partial charge in [-0.05, 0) is 44.1 Å². The van der Waals surface area contributed by atoms with E-state index in [2.05, 4.69) is 29.0 Å². The molecule has 2 saturated heterocycles. The van der Waals surface area contributed by atoms with Gasteiger partial charge in [0, 0.05) is 39.8 Å². The molecular formula is C19H26N4O2S. The van der Waals surface area contributed by atoms with Crippen molar-refractivity contribution in [2.24, 2.45) is 7.05 Å². The van der Waals surface area contributed by atoms with Crippen molar-refractivity contribution in [2.75, 3.05) is 39.8 Å². The molecule has 2 aromatic rings. The number of amides is 1. The molecule has 7 heteroatoms. The molecule has 1 aromatic heterocycles. The third-order valence-corrected chi connectivity index (χ3v) is 6.75. The number of nitrogens with zero attached hydrogens (tertiary/aromatic N) is 4. The summed E-state index contributed by atoms with van der Waals surface area (Å²) in [4.78, 5) is 31.2.